The summed E-state index contributed by atoms with van der Waals surface area (Å²) < 4.78 is 39.3. The Labute approximate surface area is 118 Å². The number of hydrogen-bond acceptors (Lipinski definition) is 2. The molecular weight excluding hydrogens is 265 g/mol. The molecule has 0 aromatic carbocycles. The molecule has 1 aromatic heterocycles. The van der Waals surface area contributed by atoms with E-state index in [4.69, 9.17) is 0 Å². The lowest BCUT2D eigenvalue weighted by atomic mass is 10.0. The van der Waals surface area contributed by atoms with Crippen LogP contribution in [-0.4, -0.2) is 23.0 Å². The van der Waals surface area contributed by atoms with E-state index in [-0.39, 0.29) is 11.6 Å². The molecule has 1 fully saturated rings. The Balaban J connectivity index is 2.22. The first-order valence-electron chi connectivity index (χ1n) is 7.16. The fourth-order valence-corrected chi connectivity index (χ4v) is 2.67. The number of pyridine rings is 1. The fourth-order valence-electron chi connectivity index (χ4n) is 2.67. The zero-order valence-corrected chi connectivity index (χ0v) is 12.0. The number of hydrogen-bond donors (Lipinski definition) is 0. The van der Waals surface area contributed by atoms with Crippen LogP contribution in [0.1, 0.15) is 55.8 Å². The normalized spacial score (nSPS) is 17.7. The van der Waals surface area contributed by atoms with Crippen molar-refractivity contribution in [2.24, 2.45) is 0 Å². The van der Waals surface area contributed by atoms with E-state index >= 15 is 0 Å². The lowest BCUT2D eigenvalue weighted by molar-refractivity contribution is -0.138. The van der Waals surface area contributed by atoms with E-state index in [1.807, 2.05) is 0 Å². The highest BCUT2D eigenvalue weighted by molar-refractivity contribution is 5.30. The quantitative estimate of drug-likeness (QED) is 0.827. The van der Waals surface area contributed by atoms with Crippen molar-refractivity contribution in [2.45, 2.75) is 51.7 Å². The molecule has 1 aliphatic heterocycles. The van der Waals surface area contributed by atoms with Gasteiger partial charge in [-0.1, -0.05) is 20.3 Å². The molecule has 0 radical (unpaired) electrons. The molecule has 0 bridgehead atoms. The summed E-state index contributed by atoms with van der Waals surface area (Å²) in [4.78, 5) is 6.27. The Hall–Kier alpha value is -1.10. The Kier molecular flexibility index (Phi) is 4.68. The van der Waals surface area contributed by atoms with Gasteiger partial charge in [-0.25, -0.2) is 0 Å². The van der Waals surface area contributed by atoms with Crippen molar-refractivity contribution < 1.29 is 13.2 Å². The standard InChI is InChI=1S/C15H21F3N2/c1-11(2)14-13(15(16,17)18)8-12(9-19-14)10-20-6-4-3-5-7-20/h8-9,11H,3-7,10H2,1-2H3. The maximum atomic E-state index is 13.1. The van der Waals surface area contributed by atoms with Crippen LogP contribution in [0.4, 0.5) is 13.2 Å². The monoisotopic (exact) mass is 286 g/mol. The van der Waals surface area contributed by atoms with Crippen LogP contribution >= 0.6 is 0 Å². The summed E-state index contributed by atoms with van der Waals surface area (Å²) in [5.74, 6) is -0.226. The Morgan fingerprint density at radius 2 is 1.85 bits per heavy atom. The summed E-state index contributed by atoms with van der Waals surface area (Å²) in [5.41, 5.74) is 0.213. The SMILES string of the molecule is CC(C)c1ncc(CN2CCCCC2)cc1C(F)(F)F. The molecule has 112 valence electrons. The van der Waals surface area contributed by atoms with E-state index in [2.05, 4.69) is 9.88 Å². The lowest BCUT2D eigenvalue weighted by Crippen LogP contribution is -2.29. The number of piperidine rings is 1. The summed E-state index contributed by atoms with van der Waals surface area (Å²) >= 11 is 0. The molecule has 0 atom stereocenters. The molecule has 0 amide bonds. The molecule has 1 aromatic rings. The minimum atomic E-state index is -4.33. The molecular formula is C15H21F3N2. The third-order valence-corrected chi connectivity index (χ3v) is 3.68. The summed E-state index contributed by atoms with van der Waals surface area (Å²) in [6, 6.07) is 1.27. The van der Waals surface area contributed by atoms with E-state index in [1.165, 1.54) is 12.5 Å². The van der Waals surface area contributed by atoms with Gasteiger partial charge >= 0.3 is 6.18 Å². The summed E-state index contributed by atoms with van der Waals surface area (Å²) in [7, 11) is 0. The number of rotatable bonds is 3. The largest absolute Gasteiger partial charge is 0.418 e. The average molecular weight is 286 g/mol. The van der Waals surface area contributed by atoms with Crippen molar-refractivity contribution in [1.29, 1.82) is 0 Å². The van der Waals surface area contributed by atoms with Gasteiger partial charge < -0.3 is 0 Å². The minimum Gasteiger partial charge on any atom is -0.299 e. The van der Waals surface area contributed by atoms with Crippen LogP contribution in [0.2, 0.25) is 0 Å². The Morgan fingerprint density at radius 1 is 1.20 bits per heavy atom. The van der Waals surface area contributed by atoms with Crippen LogP contribution in [0, 0.1) is 0 Å². The molecule has 1 aliphatic rings. The average Bonchev–Trinajstić information content (AvgIpc) is 2.38. The van der Waals surface area contributed by atoms with Crippen LogP contribution in [0.3, 0.4) is 0 Å². The molecule has 2 heterocycles. The molecule has 20 heavy (non-hydrogen) atoms. The Morgan fingerprint density at radius 3 is 2.40 bits per heavy atom. The predicted octanol–water partition coefficient (Wildman–Crippen LogP) is 4.21. The zero-order chi connectivity index (χ0) is 14.8. The van der Waals surface area contributed by atoms with Gasteiger partial charge in [-0.3, -0.25) is 9.88 Å². The van der Waals surface area contributed by atoms with Crippen molar-refractivity contribution in [3.05, 3.63) is 29.1 Å². The van der Waals surface area contributed by atoms with Crippen LogP contribution in [0.15, 0.2) is 12.3 Å². The van der Waals surface area contributed by atoms with Gasteiger partial charge in [0, 0.05) is 12.7 Å². The maximum absolute atomic E-state index is 13.1. The van der Waals surface area contributed by atoms with E-state index in [0.29, 0.717) is 12.1 Å². The fraction of sp³-hybridized carbons (Fsp3) is 0.667. The molecule has 2 nitrogen and oxygen atoms in total. The van der Waals surface area contributed by atoms with Gasteiger partial charge in [-0.15, -0.1) is 0 Å². The van der Waals surface area contributed by atoms with Gasteiger partial charge in [0.05, 0.1) is 11.3 Å². The Bertz CT molecular complexity index is 449. The first-order valence-corrected chi connectivity index (χ1v) is 7.16. The highest BCUT2D eigenvalue weighted by Gasteiger charge is 2.35. The van der Waals surface area contributed by atoms with Gasteiger partial charge in [0.2, 0.25) is 0 Å². The van der Waals surface area contributed by atoms with E-state index in [0.717, 1.165) is 25.9 Å². The minimum absolute atomic E-state index is 0.139. The third kappa shape index (κ3) is 3.72. The van der Waals surface area contributed by atoms with Crippen molar-refractivity contribution >= 4 is 0 Å². The first-order chi connectivity index (χ1) is 9.38. The van der Waals surface area contributed by atoms with Crippen LogP contribution in [-0.2, 0) is 12.7 Å². The summed E-state index contributed by atoms with van der Waals surface area (Å²) in [5, 5.41) is 0. The first kappa shape index (κ1) is 15.3. The van der Waals surface area contributed by atoms with Crippen molar-refractivity contribution in [2.75, 3.05) is 13.1 Å². The number of nitrogens with zero attached hydrogens (tertiary/aromatic N) is 2. The molecule has 2 rings (SSSR count). The van der Waals surface area contributed by atoms with Crippen LogP contribution < -0.4 is 0 Å². The second-order valence-electron chi connectivity index (χ2n) is 5.77. The van der Waals surface area contributed by atoms with Crippen molar-refractivity contribution in [3.8, 4) is 0 Å². The lowest BCUT2D eigenvalue weighted by Gasteiger charge is -2.26. The molecule has 0 aliphatic carbocycles. The van der Waals surface area contributed by atoms with Gasteiger partial charge in [0.25, 0.3) is 0 Å². The zero-order valence-electron chi connectivity index (χ0n) is 12.0. The smallest absolute Gasteiger partial charge is 0.299 e. The summed E-state index contributed by atoms with van der Waals surface area (Å²) in [6.45, 7) is 5.97. The maximum Gasteiger partial charge on any atom is 0.418 e. The van der Waals surface area contributed by atoms with Crippen molar-refractivity contribution in [1.82, 2.24) is 9.88 Å². The number of alkyl halides is 3. The highest BCUT2D eigenvalue weighted by atomic mass is 19.4. The van der Waals surface area contributed by atoms with Gasteiger partial charge in [0.1, 0.15) is 0 Å². The number of aromatic nitrogens is 1. The third-order valence-electron chi connectivity index (χ3n) is 3.68. The van der Waals surface area contributed by atoms with E-state index in [1.54, 1.807) is 20.0 Å². The van der Waals surface area contributed by atoms with Gasteiger partial charge in [-0.2, -0.15) is 13.2 Å². The molecule has 0 spiro atoms. The molecule has 5 heteroatoms. The van der Waals surface area contributed by atoms with Gasteiger partial charge in [0.15, 0.2) is 0 Å². The van der Waals surface area contributed by atoms with Crippen LogP contribution in [0.25, 0.3) is 0 Å². The second kappa shape index (κ2) is 6.12. The molecule has 0 N–H and O–H groups in total. The topological polar surface area (TPSA) is 16.1 Å². The second-order valence-corrected chi connectivity index (χ2v) is 5.77. The molecule has 0 saturated carbocycles. The summed E-state index contributed by atoms with van der Waals surface area (Å²) in [6.07, 6.45) is 0.742. The molecule has 0 unspecified atom stereocenters. The number of likely N-dealkylation sites (tertiary alicyclic amines) is 1. The number of halogens is 3. The van der Waals surface area contributed by atoms with Crippen molar-refractivity contribution in [3.63, 3.8) is 0 Å². The highest BCUT2D eigenvalue weighted by Crippen LogP contribution is 2.34. The van der Waals surface area contributed by atoms with Gasteiger partial charge in [-0.05, 0) is 43.5 Å². The predicted molar refractivity (Wildman–Crippen MR) is 72.5 cm³/mol. The molecule has 1 saturated heterocycles. The van der Waals surface area contributed by atoms with E-state index in [9.17, 15) is 13.2 Å². The van der Waals surface area contributed by atoms with E-state index < -0.39 is 11.7 Å². The van der Waals surface area contributed by atoms with Crippen LogP contribution in [0.5, 0.6) is 0 Å².